The van der Waals surface area contributed by atoms with E-state index in [9.17, 15) is 0 Å². The largest absolute Gasteiger partial charge is 0.496 e. The minimum Gasteiger partial charge on any atom is -0.496 e. The molecule has 0 bridgehead atoms. The molecule has 33 heavy (non-hydrogen) atoms. The molecular formula is C28H26N2O3. The van der Waals surface area contributed by atoms with Crippen molar-refractivity contribution in [1.82, 2.24) is 4.98 Å². The molecular weight excluding hydrogens is 412 g/mol. The second kappa shape index (κ2) is 7.85. The maximum Gasteiger partial charge on any atom is 0.169 e. The topological polar surface area (TPSA) is 43.8 Å². The highest BCUT2D eigenvalue weighted by atomic mass is 16.5. The molecule has 1 aromatic heterocycles. The number of hydrogen-bond donors (Lipinski definition) is 0. The molecule has 0 atom stereocenters. The van der Waals surface area contributed by atoms with Gasteiger partial charge in [-0.2, -0.15) is 0 Å². The lowest BCUT2D eigenvalue weighted by Gasteiger charge is -2.34. The molecule has 0 spiro atoms. The smallest absolute Gasteiger partial charge is 0.169 e. The Morgan fingerprint density at radius 2 is 1.61 bits per heavy atom. The van der Waals surface area contributed by atoms with Crippen molar-refractivity contribution in [3.05, 3.63) is 72.6 Å². The summed E-state index contributed by atoms with van der Waals surface area (Å²) in [6.07, 6.45) is 3.62. The molecule has 5 nitrogen and oxygen atoms in total. The van der Waals surface area contributed by atoms with Gasteiger partial charge in [0.25, 0.3) is 0 Å². The SMILES string of the molecule is C=C1c2c(ccc(OC)c2C)-c2ccc3c(-c4cccnc4)c(OC)c(OC)cc3c2N1C. The third-order valence-electron chi connectivity index (χ3n) is 6.54. The van der Waals surface area contributed by atoms with Crippen molar-refractivity contribution < 1.29 is 14.2 Å². The highest BCUT2D eigenvalue weighted by Gasteiger charge is 2.29. The molecule has 0 unspecified atom stereocenters. The molecule has 0 fully saturated rings. The zero-order valence-corrected chi connectivity index (χ0v) is 19.5. The van der Waals surface area contributed by atoms with Crippen molar-refractivity contribution in [3.8, 4) is 39.5 Å². The average Bonchev–Trinajstić information content (AvgIpc) is 2.85. The second-order valence-corrected chi connectivity index (χ2v) is 8.11. The Balaban J connectivity index is 1.91. The summed E-state index contributed by atoms with van der Waals surface area (Å²) in [6, 6.07) is 14.5. The first-order valence-corrected chi connectivity index (χ1v) is 10.7. The first-order chi connectivity index (χ1) is 16.0. The minimum atomic E-state index is 0.674. The standard InChI is InChI=1S/C28H26N2O3/c1-16-23(31-4)12-11-19-21-10-9-20-22(27(21)30(3)17(2)25(16)19)14-24(32-5)28(33-6)26(20)18-8-7-13-29-15-18/h7-15H,2H2,1,3-6H3. The Hall–Kier alpha value is -3.99. The van der Waals surface area contributed by atoms with Crippen LogP contribution in [0, 0.1) is 6.92 Å². The molecule has 0 N–H and O–H groups in total. The monoisotopic (exact) mass is 438 g/mol. The van der Waals surface area contributed by atoms with Crippen LogP contribution in [0.4, 0.5) is 5.69 Å². The van der Waals surface area contributed by atoms with E-state index in [0.29, 0.717) is 11.5 Å². The molecule has 1 aliphatic rings. The molecule has 0 amide bonds. The summed E-state index contributed by atoms with van der Waals surface area (Å²) >= 11 is 0. The van der Waals surface area contributed by atoms with E-state index in [1.807, 2.05) is 24.4 Å². The Kier molecular flexibility index (Phi) is 4.97. The minimum absolute atomic E-state index is 0.674. The fourth-order valence-corrected chi connectivity index (χ4v) is 4.96. The molecule has 0 radical (unpaired) electrons. The van der Waals surface area contributed by atoms with E-state index in [1.54, 1.807) is 27.5 Å². The molecule has 5 heteroatoms. The van der Waals surface area contributed by atoms with Gasteiger partial charge in [0, 0.05) is 58.3 Å². The fourth-order valence-electron chi connectivity index (χ4n) is 4.96. The van der Waals surface area contributed by atoms with E-state index >= 15 is 0 Å². The van der Waals surface area contributed by atoms with Gasteiger partial charge in [0.1, 0.15) is 5.75 Å². The van der Waals surface area contributed by atoms with Crippen LogP contribution >= 0.6 is 0 Å². The van der Waals surface area contributed by atoms with E-state index < -0.39 is 0 Å². The van der Waals surface area contributed by atoms with Crippen LogP contribution in [-0.2, 0) is 0 Å². The van der Waals surface area contributed by atoms with Crippen molar-refractivity contribution in [2.75, 3.05) is 33.3 Å². The van der Waals surface area contributed by atoms with Gasteiger partial charge in [-0.3, -0.25) is 4.98 Å². The maximum atomic E-state index is 5.82. The zero-order chi connectivity index (χ0) is 23.3. The molecule has 1 aliphatic heterocycles. The van der Waals surface area contributed by atoms with Crippen LogP contribution in [0.3, 0.4) is 0 Å². The fraction of sp³-hybridized carbons (Fsp3) is 0.179. The summed E-state index contributed by atoms with van der Waals surface area (Å²) in [6.45, 7) is 6.52. The number of rotatable bonds is 4. The van der Waals surface area contributed by atoms with Crippen LogP contribution in [0.1, 0.15) is 11.1 Å². The molecule has 4 aromatic rings. The van der Waals surface area contributed by atoms with Gasteiger partial charge in [0.15, 0.2) is 11.5 Å². The summed E-state index contributed by atoms with van der Waals surface area (Å²) in [5, 5.41) is 2.12. The molecule has 0 saturated heterocycles. The highest BCUT2D eigenvalue weighted by molar-refractivity contribution is 6.15. The number of fused-ring (bicyclic) bond motifs is 5. The van der Waals surface area contributed by atoms with Gasteiger partial charge >= 0.3 is 0 Å². The summed E-state index contributed by atoms with van der Waals surface area (Å²) in [5.41, 5.74) is 8.42. The Morgan fingerprint density at radius 3 is 2.27 bits per heavy atom. The first-order valence-electron chi connectivity index (χ1n) is 10.7. The summed E-state index contributed by atoms with van der Waals surface area (Å²) in [7, 11) is 7.09. The molecule has 2 heterocycles. The van der Waals surface area contributed by atoms with Crippen LogP contribution in [0.5, 0.6) is 17.2 Å². The van der Waals surface area contributed by atoms with E-state index in [-0.39, 0.29) is 0 Å². The van der Waals surface area contributed by atoms with E-state index in [4.69, 9.17) is 14.2 Å². The predicted molar refractivity (Wildman–Crippen MR) is 134 cm³/mol. The van der Waals surface area contributed by atoms with Gasteiger partial charge in [-0.05, 0) is 42.1 Å². The highest BCUT2D eigenvalue weighted by Crippen LogP contribution is 2.52. The third-order valence-corrected chi connectivity index (χ3v) is 6.54. The van der Waals surface area contributed by atoms with E-state index in [2.05, 4.69) is 54.7 Å². The number of hydrogen-bond acceptors (Lipinski definition) is 5. The van der Waals surface area contributed by atoms with Crippen molar-refractivity contribution in [3.63, 3.8) is 0 Å². The van der Waals surface area contributed by atoms with Gasteiger partial charge in [0.05, 0.1) is 27.0 Å². The molecule has 3 aromatic carbocycles. The van der Waals surface area contributed by atoms with Crippen LogP contribution in [-0.4, -0.2) is 33.4 Å². The van der Waals surface area contributed by atoms with Gasteiger partial charge in [-0.15, -0.1) is 0 Å². The van der Waals surface area contributed by atoms with Crippen LogP contribution in [0.25, 0.3) is 38.7 Å². The normalized spacial score (nSPS) is 12.4. The number of anilines is 1. The van der Waals surface area contributed by atoms with Crippen molar-refractivity contribution >= 4 is 22.2 Å². The van der Waals surface area contributed by atoms with Gasteiger partial charge in [-0.1, -0.05) is 24.8 Å². The van der Waals surface area contributed by atoms with Crippen LogP contribution in [0.2, 0.25) is 0 Å². The van der Waals surface area contributed by atoms with Gasteiger partial charge < -0.3 is 19.1 Å². The van der Waals surface area contributed by atoms with Gasteiger partial charge in [0.2, 0.25) is 0 Å². The molecule has 5 rings (SSSR count). The third kappa shape index (κ3) is 2.96. The number of benzene rings is 3. The predicted octanol–water partition coefficient (Wildman–Crippen LogP) is 6.32. The summed E-state index contributed by atoms with van der Waals surface area (Å²) in [4.78, 5) is 6.49. The number of ether oxygens (including phenoxy) is 3. The lowest BCUT2D eigenvalue weighted by Crippen LogP contribution is -2.21. The first kappa shape index (κ1) is 20.9. The Morgan fingerprint density at radius 1 is 0.848 bits per heavy atom. The summed E-state index contributed by atoms with van der Waals surface area (Å²) < 4.78 is 17.2. The number of nitrogens with zero attached hydrogens (tertiary/aromatic N) is 2. The van der Waals surface area contributed by atoms with Crippen molar-refractivity contribution in [2.24, 2.45) is 0 Å². The van der Waals surface area contributed by atoms with E-state index in [1.165, 1.54) is 0 Å². The quantitative estimate of drug-likeness (QED) is 0.373. The maximum absolute atomic E-state index is 5.82. The number of aromatic nitrogens is 1. The van der Waals surface area contributed by atoms with Gasteiger partial charge in [-0.25, -0.2) is 0 Å². The van der Waals surface area contributed by atoms with E-state index in [0.717, 1.165) is 61.3 Å². The Bertz CT molecular complexity index is 1410. The summed E-state index contributed by atoms with van der Waals surface area (Å²) in [5.74, 6) is 2.22. The lowest BCUT2D eigenvalue weighted by atomic mass is 9.85. The number of pyridine rings is 1. The second-order valence-electron chi connectivity index (χ2n) is 8.11. The number of methoxy groups -OCH3 is 3. The van der Waals surface area contributed by atoms with Crippen LogP contribution < -0.4 is 19.1 Å². The molecule has 0 aliphatic carbocycles. The molecule has 0 saturated carbocycles. The molecule has 166 valence electrons. The van der Waals surface area contributed by atoms with Crippen LogP contribution in [0.15, 0.2) is 61.4 Å². The Labute approximate surface area is 193 Å². The zero-order valence-electron chi connectivity index (χ0n) is 19.5. The van der Waals surface area contributed by atoms with Crippen molar-refractivity contribution in [1.29, 1.82) is 0 Å². The van der Waals surface area contributed by atoms with Crippen molar-refractivity contribution in [2.45, 2.75) is 6.92 Å². The lowest BCUT2D eigenvalue weighted by molar-refractivity contribution is 0.357. The average molecular weight is 439 g/mol.